The highest BCUT2D eigenvalue weighted by molar-refractivity contribution is 6.02. The smallest absolute Gasteiger partial charge is 0.247 e. The second-order valence-electron chi connectivity index (χ2n) is 8.17. The van der Waals surface area contributed by atoms with Gasteiger partial charge in [-0.3, -0.25) is 9.69 Å². The maximum Gasteiger partial charge on any atom is 0.247 e. The van der Waals surface area contributed by atoms with Gasteiger partial charge in [0.1, 0.15) is 5.75 Å². The molecule has 1 aliphatic heterocycles. The molecule has 1 heterocycles. The van der Waals surface area contributed by atoms with Gasteiger partial charge in [-0.15, -0.1) is 0 Å². The van der Waals surface area contributed by atoms with Gasteiger partial charge in [-0.25, -0.2) is 0 Å². The van der Waals surface area contributed by atoms with Crippen LogP contribution in [0.25, 0.3) is 5.57 Å². The number of nitrogens with one attached hydrogen (secondary N) is 1. The molecular formula is C23H34N2O2. The summed E-state index contributed by atoms with van der Waals surface area (Å²) in [6.45, 7) is 10.7. The minimum absolute atomic E-state index is 0.128. The van der Waals surface area contributed by atoms with Crippen LogP contribution in [0, 0.1) is 5.92 Å². The SMILES string of the molecule is CCN(C(C)C)C(C)CC1=C2c3ccc(OC)cc3CC[C@@H]2CCNC1=O. The van der Waals surface area contributed by atoms with E-state index in [4.69, 9.17) is 4.74 Å². The molecule has 1 unspecified atom stereocenters. The lowest BCUT2D eigenvalue weighted by Crippen LogP contribution is -2.40. The molecule has 0 aromatic heterocycles. The number of aryl methyl sites for hydroxylation is 1. The summed E-state index contributed by atoms with van der Waals surface area (Å²) in [5, 5.41) is 3.16. The molecule has 0 fully saturated rings. The van der Waals surface area contributed by atoms with E-state index in [-0.39, 0.29) is 5.91 Å². The number of hydrogen-bond acceptors (Lipinski definition) is 3. The Hall–Kier alpha value is -1.81. The quantitative estimate of drug-likeness (QED) is 0.822. The van der Waals surface area contributed by atoms with Gasteiger partial charge in [0.05, 0.1) is 7.11 Å². The normalized spacial score (nSPS) is 20.9. The summed E-state index contributed by atoms with van der Waals surface area (Å²) in [6, 6.07) is 7.16. The Morgan fingerprint density at radius 1 is 1.26 bits per heavy atom. The fraction of sp³-hybridized carbons (Fsp3) is 0.609. The van der Waals surface area contributed by atoms with Crippen molar-refractivity contribution in [3.8, 4) is 5.75 Å². The zero-order chi connectivity index (χ0) is 19.6. The molecule has 3 rings (SSSR count). The number of benzene rings is 1. The lowest BCUT2D eigenvalue weighted by atomic mass is 9.75. The zero-order valence-electron chi connectivity index (χ0n) is 17.5. The molecule has 2 atom stereocenters. The third kappa shape index (κ3) is 4.06. The molecule has 4 heteroatoms. The number of hydrogen-bond donors (Lipinski definition) is 1. The Balaban J connectivity index is 2.05. The topological polar surface area (TPSA) is 41.6 Å². The molecule has 1 N–H and O–H groups in total. The van der Waals surface area contributed by atoms with E-state index >= 15 is 0 Å². The molecule has 1 aromatic rings. The van der Waals surface area contributed by atoms with Crippen LogP contribution in [0.1, 0.15) is 58.1 Å². The minimum Gasteiger partial charge on any atom is -0.497 e. The molecule has 0 spiro atoms. The van der Waals surface area contributed by atoms with E-state index in [9.17, 15) is 4.79 Å². The largest absolute Gasteiger partial charge is 0.497 e. The van der Waals surface area contributed by atoms with Crippen LogP contribution in [-0.4, -0.2) is 43.1 Å². The number of nitrogens with zero attached hydrogens (tertiary/aromatic N) is 1. The second-order valence-corrected chi connectivity index (χ2v) is 8.17. The monoisotopic (exact) mass is 370 g/mol. The highest BCUT2D eigenvalue weighted by Crippen LogP contribution is 2.42. The van der Waals surface area contributed by atoms with Gasteiger partial charge >= 0.3 is 0 Å². The summed E-state index contributed by atoms with van der Waals surface area (Å²) in [4.78, 5) is 15.5. The van der Waals surface area contributed by atoms with E-state index in [2.05, 4.69) is 50.0 Å². The summed E-state index contributed by atoms with van der Waals surface area (Å²) in [6.07, 6.45) is 4.01. The summed E-state index contributed by atoms with van der Waals surface area (Å²) in [7, 11) is 1.71. The number of carbonyl (C=O) groups excluding carboxylic acids is 1. The van der Waals surface area contributed by atoms with E-state index in [1.54, 1.807) is 7.11 Å². The standard InChI is InChI=1S/C23H34N2O2/c1-6-25(15(2)3)16(4)13-21-22-17(11-12-24-23(21)26)7-8-18-14-19(27-5)9-10-20(18)22/h9-10,14-17H,6-8,11-13H2,1-5H3,(H,24,26)/t16?,17-/m1/s1. The molecule has 1 amide bonds. The third-order valence-electron chi connectivity index (χ3n) is 6.24. The summed E-state index contributed by atoms with van der Waals surface area (Å²) >= 11 is 0. The minimum atomic E-state index is 0.128. The van der Waals surface area contributed by atoms with Crippen molar-refractivity contribution in [3.05, 3.63) is 34.9 Å². The van der Waals surface area contributed by atoms with Crippen molar-refractivity contribution < 1.29 is 9.53 Å². The number of carbonyl (C=O) groups is 1. The predicted octanol–water partition coefficient (Wildman–Crippen LogP) is 4.04. The number of ether oxygens (including phenoxy) is 1. The molecule has 0 radical (unpaired) electrons. The van der Waals surface area contributed by atoms with Crippen LogP contribution in [0.4, 0.5) is 0 Å². The Bertz CT molecular complexity index is 723. The first-order chi connectivity index (χ1) is 13.0. The van der Waals surface area contributed by atoms with Gasteiger partial charge in [-0.05, 0) is 87.7 Å². The van der Waals surface area contributed by atoms with E-state index in [0.29, 0.717) is 18.0 Å². The molecule has 0 bridgehead atoms. The van der Waals surface area contributed by atoms with Crippen molar-refractivity contribution in [2.24, 2.45) is 5.92 Å². The average molecular weight is 371 g/mol. The lowest BCUT2D eigenvalue weighted by Gasteiger charge is -2.34. The van der Waals surface area contributed by atoms with Gasteiger partial charge in [-0.2, -0.15) is 0 Å². The maximum atomic E-state index is 13.0. The Morgan fingerprint density at radius 2 is 2.04 bits per heavy atom. The van der Waals surface area contributed by atoms with E-state index < -0.39 is 0 Å². The highest BCUT2D eigenvalue weighted by atomic mass is 16.5. The van der Waals surface area contributed by atoms with Gasteiger partial charge in [-0.1, -0.05) is 13.0 Å². The molecule has 0 saturated heterocycles. The van der Waals surface area contributed by atoms with Crippen molar-refractivity contribution in [1.82, 2.24) is 10.2 Å². The fourth-order valence-electron chi connectivity index (χ4n) is 4.95. The van der Waals surface area contributed by atoms with Gasteiger partial charge in [0, 0.05) is 24.2 Å². The van der Waals surface area contributed by atoms with Crippen molar-refractivity contribution in [3.63, 3.8) is 0 Å². The molecule has 1 aromatic carbocycles. The molecular weight excluding hydrogens is 336 g/mol. The van der Waals surface area contributed by atoms with Crippen LogP contribution < -0.4 is 10.1 Å². The first-order valence-corrected chi connectivity index (χ1v) is 10.4. The first kappa shape index (κ1) is 19.9. The van der Waals surface area contributed by atoms with E-state index in [1.165, 1.54) is 16.7 Å². The summed E-state index contributed by atoms with van der Waals surface area (Å²) < 4.78 is 5.42. The number of amides is 1. The van der Waals surface area contributed by atoms with E-state index in [0.717, 1.165) is 50.1 Å². The molecule has 0 saturated carbocycles. The van der Waals surface area contributed by atoms with Crippen LogP contribution >= 0.6 is 0 Å². The molecule has 148 valence electrons. The van der Waals surface area contributed by atoms with Crippen LogP contribution in [0.15, 0.2) is 23.8 Å². The van der Waals surface area contributed by atoms with Crippen LogP contribution in [0.2, 0.25) is 0 Å². The van der Waals surface area contributed by atoms with Crippen LogP contribution in [0.3, 0.4) is 0 Å². The first-order valence-electron chi connectivity index (χ1n) is 10.4. The van der Waals surface area contributed by atoms with Crippen molar-refractivity contribution in [1.29, 1.82) is 0 Å². The third-order valence-corrected chi connectivity index (χ3v) is 6.24. The van der Waals surface area contributed by atoms with Crippen LogP contribution in [-0.2, 0) is 11.2 Å². The second kappa shape index (κ2) is 8.47. The summed E-state index contributed by atoms with van der Waals surface area (Å²) in [5.74, 6) is 1.50. The van der Waals surface area contributed by atoms with Gasteiger partial charge in [0.25, 0.3) is 0 Å². The number of rotatable bonds is 6. The number of fused-ring (bicyclic) bond motifs is 3. The zero-order valence-corrected chi connectivity index (χ0v) is 17.5. The Labute approximate surface area is 164 Å². The van der Waals surface area contributed by atoms with Gasteiger partial charge < -0.3 is 10.1 Å². The van der Waals surface area contributed by atoms with Gasteiger partial charge in [0.15, 0.2) is 0 Å². The Morgan fingerprint density at radius 3 is 2.70 bits per heavy atom. The molecule has 27 heavy (non-hydrogen) atoms. The van der Waals surface area contributed by atoms with Crippen molar-refractivity contribution in [2.45, 2.75) is 65.5 Å². The predicted molar refractivity (Wildman–Crippen MR) is 111 cm³/mol. The molecule has 2 aliphatic rings. The number of methoxy groups -OCH3 is 1. The van der Waals surface area contributed by atoms with Crippen LogP contribution in [0.5, 0.6) is 5.75 Å². The summed E-state index contributed by atoms with van der Waals surface area (Å²) in [5.41, 5.74) is 4.87. The van der Waals surface area contributed by atoms with Crippen molar-refractivity contribution >= 4 is 11.5 Å². The maximum absolute atomic E-state index is 13.0. The molecule has 1 aliphatic carbocycles. The number of allylic oxidation sites excluding steroid dienone is 1. The van der Waals surface area contributed by atoms with E-state index in [1.807, 2.05) is 6.07 Å². The molecule has 4 nitrogen and oxygen atoms in total. The highest BCUT2D eigenvalue weighted by Gasteiger charge is 2.32. The van der Waals surface area contributed by atoms with Crippen molar-refractivity contribution in [2.75, 3.05) is 20.2 Å². The fourth-order valence-corrected chi connectivity index (χ4v) is 4.95. The van der Waals surface area contributed by atoms with Gasteiger partial charge in [0.2, 0.25) is 5.91 Å². The lowest BCUT2D eigenvalue weighted by molar-refractivity contribution is -0.117. The average Bonchev–Trinajstić information content (AvgIpc) is 2.80. The Kier molecular flexibility index (Phi) is 6.25.